The predicted molar refractivity (Wildman–Crippen MR) is 93.7 cm³/mol. The van der Waals surface area contributed by atoms with E-state index in [2.05, 4.69) is 0 Å². The Morgan fingerprint density at radius 3 is 2.62 bits per heavy atom. The van der Waals surface area contributed by atoms with Crippen LogP contribution in [0.25, 0.3) is 0 Å². The fourth-order valence-corrected chi connectivity index (χ4v) is 4.95. The van der Waals surface area contributed by atoms with Crippen LogP contribution >= 0.6 is 0 Å². The van der Waals surface area contributed by atoms with Crippen LogP contribution in [0.2, 0.25) is 0 Å². The number of aliphatic hydroxyl groups is 2. The molecule has 0 spiro atoms. The summed E-state index contributed by atoms with van der Waals surface area (Å²) >= 11 is 0. The van der Waals surface area contributed by atoms with Crippen molar-refractivity contribution in [3.8, 4) is 0 Å². The number of rotatable bonds is 2. The summed E-state index contributed by atoms with van der Waals surface area (Å²) in [6.45, 7) is 8.78. The molecule has 0 radical (unpaired) electrons. The topological polar surface area (TPSA) is 93.1 Å². The molecule has 3 rings (SSSR count). The maximum absolute atomic E-state index is 12.2. The lowest BCUT2D eigenvalue weighted by molar-refractivity contribution is -0.239. The smallest absolute Gasteiger partial charge is 0.336 e. The van der Waals surface area contributed by atoms with Crippen molar-refractivity contribution in [2.45, 2.75) is 77.8 Å². The first kappa shape index (κ1) is 19.1. The lowest BCUT2D eigenvalue weighted by Gasteiger charge is -2.57. The van der Waals surface area contributed by atoms with Crippen molar-refractivity contribution < 1.29 is 29.3 Å². The zero-order chi connectivity index (χ0) is 19.5. The van der Waals surface area contributed by atoms with Crippen LogP contribution in [0.15, 0.2) is 22.8 Å². The molecule has 5 unspecified atom stereocenters. The molecule has 2 fully saturated rings. The molecule has 0 aromatic rings. The molecule has 0 saturated heterocycles. The fourth-order valence-electron chi connectivity index (χ4n) is 4.95. The summed E-state index contributed by atoms with van der Waals surface area (Å²) in [6, 6.07) is 0. The molecule has 6 heteroatoms. The van der Waals surface area contributed by atoms with Crippen LogP contribution in [-0.4, -0.2) is 39.6 Å². The third-order valence-electron chi connectivity index (χ3n) is 6.72. The van der Waals surface area contributed by atoms with E-state index in [0.717, 1.165) is 0 Å². The van der Waals surface area contributed by atoms with E-state index in [0.29, 0.717) is 36.0 Å². The average Bonchev–Trinajstić information content (AvgIpc) is 2.76. The van der Waals surface area contributed by atoms with Crippen LogP contribution in [0.3, 0.4) is 0 Å². The molecule has 0 bridgehead atoms. The number of hydrogen-bond donors (Lipinski definition) is 2. The molecule has 3 aliphatic rings. The SMILES string of the molecule is CC=C(C)C(=O)OC1CCC2(C)CC3(O)OC(=O)C(C)=C3CC2C1(C)O. The zero-order valence-electron chi connectivity index (χ0n) is 16.1. The van der Waals surface area contributed by atoms with Gasteiger partial charge in [-0.15, -0.1) is 0 Å². The third kappa shape index (κ3) is 2.70. The molecule has 1 heterocycles. The number of esters is 2. The molecule has 0 amide bonds. The Labute approximate surface area is 153 Å². The monoisotopic (exact) mass is 364 g/mol. The molecule has 144 valence electrons. The van der Waals surface area contributed by atoms with Gasteiger partial charge in [-0.1, -0.05) is 13.0 Å². The van der Waals surface area contributed by atoms with E-state index < -0.39 is 34.8 Å². The molecule has 0 aromatic carbocycles. The van der Waals surface area contributed by atoms with Gasteiger partial charge in [0, 0.05) is 29.1 Å². The van der Waals surface area contributed by atoms with E-state index in [4.69, 9.17) is 9.47 Å². The molecular weight excluding hydrogens is 336 g/mol. The minimum atomic E-state index is -1.58. The van der Waals surface area contributed by atoms with Gasteiger partial charge in [-0.05, 0) is 52.4 Å². The average molecular weight is 364 g/mol. The number of hydrogen-bond acceptors (Lipinski definition) is 6. The highest BCUT2D eigenvalue weighted by Crippen LogP contribution is 2.60. The van der Waals surface area contributed by atoms with Crippen molar-refractivity contribution in [3.63, 3.8) is 0 Å². The highest BCUT2D eigenvalue weighted by molar-refractivity contribution is 5.92. The van der Waals surface area contributed by atoms with Crippen LogP contribution in [-0.2, 0) is 19.1 Å². The van der Waals surface area contributed by atoms with Crippen LogP contribution in [0.4, 0.5) is 0 Å². The summed E-state index contributed by atoms with van der Waals surface area (Å²) in [5, 5.41) is 22.2. The van der Waals surface area contributed by atoms with Crippen molar-refractivity contribution in [2.75, 3.05) is 0 Å². The van der Waals surface area contributed by atoms with Crippen LogP contribution in [0, 0.1) is 11.3 Å². The maximum Gasteiger partial charge on any atom is 0.336 e. The van der Waals surface area contributed by atoms with E-state index in [-0.39, 0.29) is 12.3 Å². The maximum atomic E-state index is 12.2. The summed E-state index contributed by atoms with van der Waals surface area (Å²) in [4.78, 5) is 24.1. The Kier molecular flexibility index (Phi) is 4.36. The third-order valence-corrected chi connectivity index (χ3v) is 6.72. The van der Waals surface area contributed by atoms with Gasteiger partial charge in [-0.3, -0.25) is 0 Å². The number of carbonyl (C=O) groups is 2. The van der Waals surface area contributed by atoms with Gasteiger partial charge < -0.3 is 19.7 Å². The Balaban J connectivity index is 1.92. The van der Waals surface area contributed by atoms with E-state index in [9.17, 15) is 19.8 Å². The lowest BCUT2D eigenvalue weighted by atomic mass is 9.52. The predicted octanol–water partition coefficient (Wildman–Crippen LogP) is 2.39. The minimum absolute atomic E-state index is 0.244. The van der Waals surface area contributed by atoms with Gasteiger partial charge in [0.25, 0.3) is 0 Å². The second kappa shape index (κ2) is 5.92. The lowest BCUT2D eigenvalue weighted by Crippen LogP contribution is -2.62. The molecule has 5 atom stereocenters. The summed E-state index contributed by atoms with van der Waals surface area (Å²) in [6.07, 6.45) is 2.79. The van der Waals surface area contributed by atoms with E-state index >= 15 is 0 Å². The fraction of sp³-hybridized carbons (Fsp3) is 0.700. The quantitative estimate of drug-likeness (QED) is 0.577. The van der Waals surface area contributed by atoms with Crippen LogP contribution in [0.5, 0.6) is 0 Å². The van der Waals surface area contributed by atoms with Gasteiger partial charge in [0.2, 0.25) is 5.79 Å². The number of allylic oxidation sites excluding steroid dienone is 1. The van der Waals surface area contributed by atoms with E-state index in [1.54, 1.807) is 33.8 Å². The molecule has 0 aromatic heterocycles. The number of ether oxygens (including phenoxy) is 2. The van der Waals surface area contributed by atoms with Gasteiger partial charge in [0.15, 0.2) is 0 Å². The normalized spacial score (nSPS) is 42.9. The minimum Gasteiger partial charge on any atom is -0.456 e. The van der Waals surface area contributed by atoms with Crippen molar-refractivity contribution >= 4 is 11.9 Å². The largest absolute Gasteiger partial charge is 0.456 e. The highest BCUT2D eigenvalue weighted by Gasteiger charge is 2.63. The zero-order valence-corrected chi connectivity index (χ0v) is 16.1. The van der Waals surface area contributed by atoms with Gasteiger partial charge in [0.1, 0.15) is 11.7 Å². The van der Waals surface area contributed by atoms with Crippen molar-refractivity contribution in [1.29, 1.82) is 0 Å². The summed E-state index contributed by atoms with van der Waals surface area (Å²) in [5.74, 6) is -2.76. The van der Waals surface area contributed by atoms with Gasteiger partial charge in [-0.25, -0.2) is 9.59 Å². The van der Waals surface area contributed by atoms with Crippen molar-refractivity contribution in [3.05, 3.63) is 22.8 Å². The number of carbonyl (C=O) groups excluding carboxylic acids is 2. The number of fused-ring (bicyclic) bond motifs is 2. The summed E-state index contributed by atoms with van der Waals surface area (Å²) in [5.41, 5.74) is -0.237. The first-order valence-corrected chi connectivity index (χ1v) is 9.17. The van der Waals surface area contributed by atoms with E-state index in [1.807, 2.05) is 6.92 Å². The van der Waals surface area contributed by atoms with Crippen molar-refractivity contribution in [1.82, 2.24) is 0 Å². The standard InChI is InChI=1S/C20H28O6/c1-6-11(2)16(21)25-15-7-8-18(4)10-20(24)13(12(3)17(22)26-20)9-14(18)19(15,5)23/h6,14-15,23-24H,7-10H2,1-5H3. The Morgan fingerprint density at radius 1 is 1.35 bits per heavy atom. The Morgan fingerprint density at radius 2 is 2.00 bits per heavy atom. The first-order valence-electron chi connectivity index (χ1n) is 9.17. The first-order chi connectivity index (χ1) is 11.9. The van der Waals surface area contributed by atoms with Gasteiger partial charge in [0.05, 0.1) is 0 Å². The summed E-state index contributed by atoms with van der Waals surface area (Å²) in [7, 11) is 0. The molecule has 2 saturated carbocycles. The molecule has 1 aliphatic heterocycles. The van der Waals surface area contributed by atoms with Crippen LogP contribution in [0.1, 0.15) is 60.3 Å². The van der Waals surface area contributed by atoms with E-state index in [1.165, 1.54) is 0 Å². The Hall–Kier alpha value is -1.66. The molecular formula is C20H28O6. The summed E-state index contributed by atoms with van der Waals surface area (Å²) < 4.78 is 10.9. The highest BCUT2D eigenvalue weighted by atomic mass is 16.7. The Bertz CT molecular complexity index is 718. The van der Waals surface area contributed by atoms with Crippen molar-refractivity contribution in [2.24, 2.45) is 11.3 Å². The van der Waals surface area contributed by atoms with Gasteiger partial charge >= 0.3 is 11.9 Å². The molecule has 2 N–H and O–H groups in total. The van der Waals surface area contributed by atoms with Gasteiger partial charge in [-0.2, -0.15) is 0 Å². The molecule has 2 aliphatic carbocycles. The van der Waals surface area contributed by atoms with Crippen LogP contribution < -0.4 is 0 Å². The molecule has 26 heavy (non-hydrogen) atoms. The second-order valence-corrected chi connectivity index (χ2v) is 8.50. The second-order valence-electron chi connectivity index (χ2n) is 8.50. The molecule has 6 nitrogen and oxygen atoms in total.